The van der Waals surface area contributed by atoms with Gasteiger partial charge in [-0.3, -0.25) is 4.79 Å². The molecular formula is C11H15ClN4O3S. The first-order valence-corrected chi connectivity index (χ1v) is 7.58. The van der Waals surface area contributed by atoms with Crippen molar-refractivity contribution in [1.29, 1.82) is 0 Å². The summed E-state index contributed by atoms with van der Waals surface area (Å²) in [6.07, 6.45) is 0. The van der Waals surface area contributed by atoms with Gasteiger partial charge in [-0.1, -0.05) is 11.8 Å². The first-order valence-electron chi connectivity index (χ1n) is 6.21. The van der Waals surface area contributed by atoms with Crippen LogP contribution in [-0.2, 0) is 14.3 Å². The van der Waals surface area contributed by atoms with Gasteiger partial charge in [-0.25, -0.2) is 0 Å². The lowest BCUT2D eigenvalue weighted by atomic mass is 10.4. The van der Waals surface area contributed by atoms with Crippen molar-refractivity contribution >= 4 is 35.3 Å². The molecule has 20 heavy (non-hydrogen) atoms. The summed E-state index contributed by atoms with van der Waals surface area (Å²) in [5, 5.41) is 0.535. The molecule has 0 aromatic carbocycles. The monoisotopic (exact) mass is 318 g/mol. The highest BCUT2D eigenvalue weighted by molar-refractivity contribution is 7.99. The summed E-state index contributed by atoms with van der Waals surface area (Å²) in [4.78, 5) is 25.7. The van der Waals surface area contributed by atoms with Crippen LogP contribution in [0, 0.1) is 0 Å². The predicted molar refractivity (Wildman–Crippen MR) is 75.2 cm³/mol. The van der Waals surface area contributed by atoms with Crippen LogP contribution < -0.4 is 4.90 Å². The van der Waals surface area contributed by atoms with Crippen molar-refractivity contribution in [3.63, 3.8) is 0 Å². The minimum atomic E-state index is -0.304. The third kappa shape index (κ3) is 4.46. The molecule has 0 N–H and O–H groups in total. The standard InChI is InChI=1S/C11H15ClN4O3S/c1-2-19-8(17)7-20-11-14-9(12)13-10(15-11)16-3-5-18-6-4-16/h2-7H2,1H3. The molecule has 0 bridgehead atoms. The van der Waals surface area contributed by atoms with E-state index in [0.717, 1.165) is 0 Å². The van der Waals surface area contributed by atoms with Gasteiger partial charge in [-0.15, -0.1) is 0 Å². The zero-order valence-corrected chi connectivity index (χ0v) is 12.6. The number of nitrogens with zero attached hydrogens (tertiary/aromatic N) is 4. The highest BCUT2D eigenvalue weighted by Crippen LogP contribution is 2.19. The first kappa shape index (κ1) is 15.3. The number of anilines is 1. The maximum atomic E-state index is 11.3. The van der Waals surface area contributed by atoms with E-state index in [1.165, 1.54) is 11.8 Å². The second-order valence-corrected chi connectivity index (χ2v) is 5.16. The lowest BCUT2D eigenvalue weighted by Crippen LogP contribution is -2.37. The van der Waals surface area contributed by atoms with Crippen LogP contribution in [0.4, 0.5) is 5.95 Å². The topological polar surface area (TPSA) is 77.4 Å². The molecule has 1 aromatic heterocycles. The lowest BCUT2D eigenvalue weighted by molar-refractivity contribution is -0.139. The highest BCUT2D eigenvalue weighted by Gasteiger charge is 2.16. The second-order valence-electron chi connectivity index (χ2n) is 3.88. The fourth-order valence-corrected chi connectivity index (χ4v) is 2.45. The van der Waals surface area contributed by atoms with Crippen LogP contribution in [0.5, 0.6) is 0 Å². The first-order chi connectivity index (χ1) is 9.69. The van der Waals surface area contributed by atoms with Crippen LogP contribution in [-0.4, -0.2) is 59.6 Å². The van der Waals surface area contributed by atoms with Gasteiger partial charge in [0.15, 0.2) is 5.16 Å². The van der Waals surface area contributed by atoms with E-state index in [1.54, 1.807) is 6.92 Å². The molecule has 1 aromatic rings. The third-order valence-corrected chi connectivity index (χ3v) is 3.48. The molecule has 0 amide bonds. The largest absolute Gasteiger partial charge is 0.465 e. The molecule has 1 fully saturated rings. The van der Waals surface area contributed by atoms with E-state index in [0.29, 0.717) is 44.0 Å². The van der Waals surface area contributed by atoms with Crippen molar-refractivity contribution in [3.8, 4) is 0 Å². The fourth-order valence-electron chi connectivity index (χ4n) is 1.62. The van der Waals surface area contributed by atoms with Gasteiger partial charge in [0.25, 0.3) is 0 Å². The van der Waals surface area contributed by atoms with Crippen molar-refractivity contribution < 1.29 is 14.3 Å². The molecule has 2 rings (SSSR count). The number of esters is 1. The van der Waals surface area contributed by atoms with Gasteiger partial charge in [0.05, 0.1) is 25.6 Å². The summed E-state index contributed by atoms with van der Waals surface area (Å²) >= 11 is 7.08. The molecule has 110 valence electrons. The Bertz CT molecular complexity index is 471. The Morgan fingerprint density at radius 1 is 1.40 bits per heavy atom. The highest BCUT2D eigenvalue weighted by atomic mass is 35.5. The molecule has 0 unspecified atom stereocenters. The van der Waals surface area contributed by atoms with Crippen LogP contribution >= 0.6 is 23.4 Å². The summed E-state index contributed by atoms with van der Waals surface area (Å²) in [5.74, 6) is 0.359. The van der Waals surface area contributed by atoms with E-state index in [1.807, 2.05) is 4.90 Å². The van der Waals surface area contributed by atoms with E-state index in [2.05, 4.69) is 15.0 Å². The molecule has 0 saturated carbocycles. The smallest absolute Gasteiger partial charge is 0.316 e. The van der Waals surface area contributed by atoms with Gasteiger partial charge in [0.1, 0.15) is 0 Å². The molecule has 0 radical (unpaired) electrons. The van der Waals surface area contributed by atoms with Gasteiger partial charge in [0, 0.05) is 13.1 Å². The second kappa shape index (κ2) is 7.61. The number of aromatic nitrogens is 3. The molecule has 1 saturated heterocycles. The van der Waals surface area contributed by atoms with Crippen LogP contribution in [0.25, 0.3) is 0 Å². The number of hydrogen-bond donors (Lipinski definition) is 0. The molecule has 1 aliphatic rings. The number of morpholine rings is 1. The van der Waals surface area contributed by atoms with Crippen molar-refractivity contribution in [1.82, 2.24) is 15.0 Å². The molecule has 9 heteroatoms. The molecule has 1 aliphatic heterocycles. The van der Waals surface area contributed by atoms with Crippen LogP contribution in [0.1, 0.15) is 6.92 Å². The number of ether oxygens (including phenoxy) is 2. The van der Waals surface area contributed by atoms with Gasteiger partial charge in [0.2, 0.25) is 11.2 Å². The lowest BCUT2D eigenvalue weighted by Gasteiger charge is -2.26. The number of thioether (sulfide) groups is 1. The quantitative estimate of drug-likeness (QED) is 0.588. The fraction of sp³-hybridized carbons (Fsp3) is 0.636. The average molecular weight is 319 g/mol. The van der Waals surface area contributed by atoms with Gasteiger partial charge in [-0.2, -0.15) is 15.0 Å². The van der Waals surface area contributed by atoms with Crippen LogP contribution in [0.2, 0.25) is 5.28 Å². The Morgan fingerprint density at radius 2 is 2.15 bits per heavy atom. The predicted octanol–water partition coefficient (Wildman–Crippen LogP) is 1.02. The Hall–Kier alpha value is -1.12. The maximum Gasteiger partial charge on any atom is 0.316 e. The summed E-state index contributed by atoms with van der Waals surface area (Å²) in [6, 6.07) is 0. The molecule has 0 aliphatic carbocycles. The summed E-state index contributed by atoms with van der Waals surface area (Å²) in [6.45, 7) is 4.81. The third-order valence-electron chi connectivity index (χ3n) is 2.49. The minimum Gasteiger partial charge on any atom is -0.465 e. The summed E-state index contributed by atoms with van der Waals surface area (Å²) in [5.41, 5.74) is 0. The van der Waals surface area contributed by atoms with Crippen molar-refractivity contribution in [3.05, 3.63) is 5.28 Å². The van der Waals surface area contributed by atoms with E-state index in [9.17, 15) is 4.79 Å². The minimum absolute atomic E-state index is 0.118. The van der Waals surface area contributed by atoms with Crippen molar-refractivity contribution in [2.45, 2.75) is 12.1 Å². The molecule has 2 heterocycles. The van der Waals surface area contributed by atoms with Gasteiger partial charge in [-0.05, 0) is 18.5 Å². The van der Waals surface area contributed by atoms with Gasteiger partial charge < -0.3 is 14.4 Å². The number of halogens is 1. The molecule has 0 spiro atoms. The Labute approximate surface area is 126 Å². The van der Waals surface area contributed by atoms with Crippen LogP contribution in [0.3, 0.4) is 0 Å². The van der Waals surface area contributed by atoms with E-state index < -0.39 is 0 Å². The Kier molecular flexibility index (Phi) is 5.81. The maximum absolute atomic E-state index is 11.3. The van der Waals surface area contributed by atoms with Crippen LogP contribution in [0.15, 0.2) is 5.16 Å². The van der Waals surface area contributed by atoms with Crippen molar-refractivity contribution in [2.75, 3.05) is 43.6 Å². The van der Waals surface area contributed by atoms with Gasteiger partial charge >= 0.3 is 5.97 Å². The number of hydrogen-bond acceptors (Lipinski definition) is 8. The van der Waals surface area contributed by atoms with E-state index in [4.69, 9.17) is 21.1 Å². The van der Waals surface area contributed by atoms with Crippen molar-refractivity contribution in [2.24, 2.45) is 0 Å². The number of carbonyl (C=O) groups is 1. The zero-order valence-electron chi connectivity index (χ0n) is 11.0. The van der Waals surface area contributed by atoms with E-state index >= 15 is 0 Å². The molecule has 7 nitrogen and oxygen atoms in total. The molecular weight excluding hydrogens is 304 g/mol. The Balaban J connectivity index is 2.02. The number of carbonyl (C=O) groups excluding carboxylic acids is 1. The zero-order chi connectivity index (χ0) is 14.4. The summed E-state index contributed by atoms with van der Waals surface area (Å²) in [7, 11) is 0. The normalized spacial score (nSPS) is 15.2. The van der Waals surface area contributed by atoms with E-state index in [-0.39, 0.29) is 17.0 Å². The average Bonchev–Trinajstić information content (AvgIpc) is 2.46. The SMILES string of the molecule is CCOC(=O)CSc1nc(Cl)nc(N2CCOCC2)n1. The molecule has 0 atom stereocenters. The summed E-state index contributed by atoms with van der Waals surface area (Å²) < 4.78 is 10.1. The number of rotatable bonds is 5. The Morgan fingerprint density at radius 3 is 2.85 bits per heavy atom.